The second-order valence-electron chi connectivity index (χ2n) is 4.69. The summed E-state index contributed by atoms with van der Waals surface area (Å²) in [6.07, 6.45) is 8.92. The minimum atomic E-state index is -0.0543. The van der Waals surface area contributed by atoms with Crippen molar-refractivity contribution < 1.29 is 0 Å². The smallest absolute Gasteiger partial charge is 0.255 e. The lowest BCUT2D eigenvalue weighted by molar-refractivity contribution is 0.768. The van der Waals surface area contributed by atoms with Gasteiger partial charge >= 0.3 is 0 Å². The zero-order valence-corrected chi connectivity index (χ0v) is 11.3. The molecular weight excluding hydrogens is 252 g/mol. The molecule has 0 atom stereocenters. The molecule has 0 N–H and O–H groups in total. The third-order valence-corrected chi connectivity index (χ3v) is 3.22. The molecule has 0 saturated heterocycles. The fourth-order valence-electron chi connectivity index (χ4n) is 2.20. The number of hydrogen-bond donors (Lipinski definition) is 0. The van der Waals surface area contributed by atoms with E-state index in [4.69, 9.17) is 0 Å². The zero-order chi connectivity index (χ0) is 14.1. The van der Waals surface area contributed by atoms with Crippen LogP contribution in [0.1, 0.15) is 5.56 Å². The molecule has 100 valence electrons. The van der Waals surface area contributed by atoms with Crippen LogP contribution in [0.4, 0.5) is 0 Å². The molecule has 0 aliphatic carbocycles. The SMILES string of the molecule is Cc1cc(=O)n(-c2ccncc2)cc1-c1cnn(C)c1. The molecule has 20 heavy (non-hydrogen) atoms. The van der Waals surface area contributed by atoms with Crippen molar-refractivity contribution in [3.05, 3.63) is 65.1 Å². The average molecular weight is 266 g/mol. The van der Waals surface area contributed by atoms with E-state index < -0.39 is 0 Å². The van der Waals surface area contributed by atoms with E-state index in [0.717, 1.165) is 22.4 Å². The lowest BCUT2D eigenvalue weighted by atomic mass is 10.1. The van der Waals surface area contributed by atoms with E-state index >= 15 is 0 Å². The van der Waals surface area contributed by atoms with Crippen molar-refractivity contribution in [2.24, 2.45) is 7.05 Å². The lowest BCUT2D eigenvalue weighted by Crippen LogP contribution is -2.17. The molecule has 5 nitrogen and oxygen atoms in total. The van der Waals surface area contributed by atoms with Gasteiger partial charge in [-0.05, 0) is 24.6 Å². The van der Waals surface area contributed by atoms with Gasteiger partial charge in [-0.2, -0.15) is 5.10 Å². The number of nitrogens with zero attached hydrogens (tertiary/aromatic N) is 4. The molecule has 0 radical (unpaired) electrons. The molecule has 0 aromatic carbocycles. The first kappa shape index (κ1) is 12.3. The van der Waals surface area contributed by atoms with Crippen LogP contribution >= 0.6 is 0 Å². The van der Waals surface area contributed by atoms with E-state index in [1.165, 1.54) is 0 Å². The van der Waals surface area contributed by atoms with Crippen LogP contribution in [0.3, 0.4) is 0 Å². The summed E-state index contributed by atoms with van der Waals surface area (Å²) in [4.78, 5) is 16.1. The first-order chi connectivity index (χ1) is 9.65. The molecule has 5 heteroatoms. The highest BCUT2D eigenvalue weighted by Gasteiger charge is 2.08. The van der Waals surface area contributed by atoms with Crippen LogP contribution in [-0.4, -0.2) is 19.3 Å². The molecule has 3 aromatic rings. The van der Waals surface area contributed by atoms with Gasteiger partial charge in [-0.25, -0.2) is 0 Å². The summed E-state index contributed by atoms with van der Waals surface area (Å²) in [7, 11) is 1.87. The zero-order valence-electron chi connectivity index (χ0n) is 11.3. The van der Waals surface area contributed by atoms with Crippen LogP contribution in [0.2, 0.25) is 0 Å². The Morgan fingerprint density at radius 2 is 1.90 bits per heavy atom. The van der Waals surface area contributed by atoms with Gasteiger partial charge in [-0.1, -0.05) is 0 Å². The van der Waals surface area contributed by atoms with Crippen LogP contribution in [0.25, 0.3) is 16.8 Å². The van der Waals surface area contributed by atoms with E-state index in [9.17, 15) is 4.79 Å². The summed E-state index contributed by atoms with van der Waals surface area (Å²) in [6, 6.07) is 5.26. The molecule has 0 aliphatic heterocycles. The van der Waals surface area contributed by atoms with Gasteiger partial charge < -0.3 is 0 Å². The fourth-order valence-corrected chi connectivity index (χ4v) is 2.20. The van der Waals surface area contributed by atoms with Crippen LogP contribution in [0.5, 0.6) is 0 Å². The monoisotopic (exact) mass is 266 g/mol. The fraction of sp³-hybridized carbons (Fsp3) is 0.133. The maximum Gasteiger partial charge on any atom is 0.255 e. The van der Waals surface area contributed by atoms with E-state index in [0.29, 0.717) is 0 Å². The summed E-state index contributed by atoms with van der Waals surface area (Å²) in [5.41, 5.74) is 3.67. The Balaban J connectivity index is 2.21. The van der Waals surface area contributed by atoms with Crippen molar-refractivity contribution in [1.82, 2.24) is 19.3 Å². The third-order valence-electron chi connectivity index (χ3n) is 3.22. The third kappa shape index (κ3) is 2.14. The Labute approximate surface area is 116 Å². The Morgan fingerprint density at radius 3 is 2.55 bits per heavy atom. The normalized spacial score (nSPS) is 10.7. The van der Waals surface area contributed by atoms with Gasteiger partial charge in [0.1, 0.15) is 0 Å². The summed E-state index contributed by atoms with van der Waals surface area (Å²) in [5, 5.41) is 4.18. The van der Waals surface area contributed by atoms with Crippen molar-refractivity contribution in [2.45, 2.75) is 6.92 Å². The average Bonchev–Trinajstić information content (AvgIpc) is 2.86. The predicted molar refractivity (Wildman–Crippen MR) is 76.8 cm³/mol. The minimum absolute atomic E-state index is 0.0543. The van der Waals surface area contributed by atoms with E-state index in [1.807, 2.05) is 38.5 Å². The van der Waals surface area contributed by atoms with Gasteiger partial charge in [0.05, 0.1) is 11.9 Å². The highest BCUT2D eigenvalue weighted by atomic mass is 16.1. The van der Waals surface area contributed by atoms with Gasteiger partial charge in [-0.3, -0.25) is 19.0 Å². The maximum absolute atomic E-state index is 12.2. The lowest BCUT2D eigenvalue weighted by Gasteiger charge is -2.09. The van der Waals surface area contributed by atoms with Crippen molar-refractivity contribution in [3.8, 4) is 16.8 Å². The largest absolute Gasteiger partial charge is 0.284 e. The van der Waals surface area contributed by atoms with E-state index in [2.05, 4.69) is 10.1 Å². The Bertz CT molecular complexity index is 802. The number of aryl methyl sites for hydroxylation is 2. The van der Waals surface area contributed by atoms with Crippen molar-refractivity contribution in [3.63, 3.8) is 0 Å². The van der Waals surface area contributed by atoms with Gasteiger partial charge in [-0.15, -0.1) is 0 Å². The topological polar surface area (TPSA) is 52.7 Å². The Kier molecular flexibility index (Phi) is 2.95. The van der Waals surface area contributed by atoms with E-state index in [-0.39, 0.29) is 5.56 Å². The number of hydrogen-bond acceptors (Lipinski definition) is 3. The molecule has 0 unspecified atom stereocenters. The first-order valence-corrected chi connectivity index (χ1v) is 6.28. The molecule has 3 heterocycles. The van der Waals surface area contributed by atoms with Crippen LogP contribution in [0.15, 0.2) is 54.0 Å². The quantitative estimate of drug-likeness (QED) is 0.712. The van der Waals surface area contributed by atoms with E-state index in [1.54, 1.807) is 33.9 Å². The molecule has 0 spiro atoms. The molecule has 0 saturated carbocycles. The standard InChI is InChI=1S/C15H14N4O/c1-11-7-15(20)19(13-3-5-16-6-4-13)10-14(11)12-8-17-18(2)9-12/h3-10H,1-2H3. The summed E-state index contributed by atoms with van der Waals surface area (Å²) in [5.74, 6) is 0. The van der Waals surface area contributed by atoms with Gasteiger partial charge in [0.15, 0.2) is 0 Å². The highest BCUT2D eigenvalue weighted by Crippen LogP contribution is 2.21. The minimum Gasteiger partial charge on any atom is -0.284 e. The molecule has 3 rings (SSSR count). The highest BCUT2D eigenvalue weighted by molar-refractivity contribution is 5.65. The second-order valence-corrected chi connectivity index (χ2v) is 4.69. The van der Waals surface area contributed by atoms with Crippen LogP contribution in [0, 0.1) is 6.92 Å². The van der Waals surface area contributed by atoms with Gasteiger partial charge in [0.2, 0.25) is 0 Å². The molecule has 0 amide bonds. The number of aromatic nitrogens is 4. The summed E-state index contributed by atoms with van der Waals surface area (Å²) < 4.78 is 3.37. The van der Waals surface area contributed by atoms with Crippen LogP contribution in [-0.2, 0) is 7.05 Å². The molecule has 0 bridgehead atoms. The number of rotatable bonds is 2. The predicted octanol–water partition coefficient (Wildman–Crippen LogP) is 1.94. The van der Waals surface area contributed by atoms with Crippen molar-refractivity contribution in [2.75, 3.05) is 0 Å². The summed E-state index contributed by atoms with van der Waals surface area (Å²) in [6.45, 7) is 1.93. The Morgan fingerprint density at radius 1 is 1.15 bits per heavy atom. The van der Waals surface area contributed by atoms with Gasteiger partial charge in [0.25, 0.3) is 5.56 Å². The Hall–Kier alpha value is -2.69. The molecule has 0 fully saturated rings. The first-order valence-electron chi connectivity index (χ1n) is 6.28. The van der Waals surface area contributed by atoms with Crippen molar-refractivity contribution >= 4 is 0 Å². The molecule has 0 aliphatic rings. The molecular formula is C15H14N4O. The second kappa shape index (κ2) is 4.77. The maximum atomic E-state index is 12.2. The van der Waals surface area contributed by atoms with Crippen molar-refractivity contribution in [1.29, 1.82) is 0 Å². The van der Waals surface area contributed by atoms with Gasteiger partial charge in [0, 0.05) is 49.0 Å². The summed E-state index contributed by atoms with van der Waals surface area (Å²) >= 11 is 0. The van der Waals surface area contributed by atoms with Crippen LogP contribution < -0.4 is 5.56 Å². The molecule has 3 aromatic heterocycles. The number of pyridine rings is 2.